The molecule has 1 aliphatic heterocycles. The Morgan fingerprint density at radius 2 is 2.38 bits per heavy atom. The lowest BCUT2D eigenvalue weighted by Crippen LogP contribution is -2.51. The SMILES string of the molecule is CCCN(C(=O)C(C)NC(=O)c1ccoc1)C1CCNC1. The van der Waals surface area contributed by atoms with Crippen molar-refractivity contribution in [2.75, 3.05) is 19.6 Å². The van der Waals surface area contributed by atoms with E-state index in [4.69, 9.17) is 4.42 Å². The van der Waals surface area contributed by atoms with E-state index >= 15 is 0 Å². The summed E-state index contributed by atoms with van der Waals surface area (Å²) >= 11 is 0. The van der Waals surface area contributed by atoms with E-state index < -0.39 is 6.04 Å². The summed E-state index contributed by atoms with van der Waals surface area (Å²) in [6.07, 6.45) is 4.69. The third kappa shape index (κ3) is 3.85. The first kappa shape index (κ1) is 15.6. The smallest absolute Gasteiger partial charge is 0.255 e. The van der Waals surface area contributed by atoms with Crippen molar-refractivity contribution >= 4 is 11.8 Å². The highest BCUT2D eigenvalue weighted by molar-refractivity contribution is 5.97. The van der Waals surface area contributed by atoms with Crippen LogP contribution in [0, 0.1) is 0 Å². The number of furan rings is 1. The maximum absolute atomic E-state index is 12.6. The van der Waals surface area contributed by atoms with E-state index in [0.717, 1.165) is 32.5 Å². The maximum Gasteiger partial charge on any atom is 0.255 e. The Hall–Kier alpha value is -1.82. The van der Waals surface area contributed by atoms with Crippen molar-refractivity contribution in [2.45, 2.75) is 38.8 Å². The number of carbonyl (C=O) groups is 2. The summed E-state index contributed by atoms with van der Waals surface area (Å²) in [5.41, 5.74) is 0.430. The zero-order valence-corrected chi connectivity index (χ0v) is 12.6. The van der Waals surface area contributed by atoms with Crippen LogP contribution in [0.25, 0.3) is 0 Å². The van der Waals surface area contributed by atoms with Gasteiger partial charge in [0.05, 0.1) is 11.8 Å². The molecule has 6 nitrogen and oxygen atoms in total. The molecule has 0 saturated carbocycles. The molecule has 0 aromatic carbocycles. The lowest BCUT2D eigenvalue weighted by atomic mass is 10.1. The number of amides is 2. The molecule has 1 saturated heterocycles. The molecule has 2 heterocycles. The van der Waals surface area contributed by atoms with Gasteiger partial charge in [0, 0.05) is 19.1 Å². The van der Waals surface area contributed by atoms with Crippen LogP contribution >= 0.6 is 0 Å². The molecule has 1 fully saturated rings. The fraction of sp³-hybridized carbons (Fsp3) is 0.600. The van der Waals surface area contributed by atoms with Gasteiger partial charge in [0.1, 0.15) is 12.3 Å². The highest BCUT2D eigenvalue weighted by atomic mass is 16.3. The number of hydrogen-bond acceptors (Lipinski definition) is 4. The van der Waals surface area contributed by atoms with E-state index in [0.29, 0.717) is 5.56 Å². The zero-order chi connectivity index (χ0) is 15.2. The van der Waals surface area contributed by atoms with Crippen molar-refractivity contribution in [1.29, 1.82) is 0 Å². The van der Waals surface area contributed by atoms with Gasteiger partial charge < -0.3 is 20.0 Å². The average Bonchev–Trinajstić information content (AvgIpc) is 3.16. The first-order valence-electron chi connectivity index (χ1n) is 7.47. The van der Waals surface area contributed by atoms with Crippen LogP contribution in [-0.4, -0.2) is 48.4 Å². The van der Waals surface area contributed by atoms with E-state index in [9.17, 15) is 9.59 Å². The first-order valence-corrected chi connectivity index (χ1v) is 7.47. The van der Waals surface area contributed by atoms with Gasteiger partial charge in [-0.25, -0.2) is 0 Å². The molecule has 0 radical (unpaired) electrons. The molecule has 1 aromatic heterocycles. The number of hydrogen-bond donors (Lipinski definition) is 2. The van der Waals surface area contributed by atoms with Gasteiger partial charge in [-0.1, -0.05) is 6.92 Å². The Kier molecular flexibility index (Phi) is 5.38. The molecule has 21 heavy (non-hydrogen) atoms. The highest BCUT2D eigenvalue weighted by Gasteiger charge is 2.29. The topological polar surface area (TPSA) is 74.6 Å². The fourth-order valence-electron chi connectivity index (χ4n) is 2.60. The summed E-state index contributed by atoms with van der Waals surface area (Å²) in [4.78, 5) is 26.4. The first-order chi connectivity index (χ1) is 10.1. The minimum atomic E-state index is -0.542. The second kappa shape index (κ2) is 7.26. The Morgan fingerprint density at radius 1 is 1.57 bits per heavy atom. The Morgan fingerprint density at radius 3 is 2.95 bits per heavy atom. The molecule has 0 aliphatic carbocycles. The van der Waals surface area contributed by atoms with Gasteiger partial charge in [0.25, 0.3) is 5.91 Å². The minimum absolute atomic E-state index is 0.0256. The molecule has 1 aromatic rings. The second-order valence-electron chi connectivity index (χ2n) is 5.39. The largest absolute Gasteiger partial charge is 0.472 e. The van der Waals surface area contributed by atoms with Crippen LogP contribution in [0.4, 0.5) is 0 Å². The third-order valence-corrected chi connectivity index (χ3v) is 3.72. The Bertz CT molecular complexity index is 467. The Balaban J connectivity index is 1.97. The summed E-state index contributed by atoms with van der Waals surface area (Å²) in [6, 6.07) is 1.27. The van der Waals surface area contributed by atoms with E-state index in [2.05, 4.69) is 17.6 Å². The monoisotopic (exact) mass is 293 g/mol. The van der Waals surface area contributed by atoms with Crippen LogP contribution in [-0.2, 0) is 4.79 Å². The van der Waals surface area contributed by atoms with E-state index in [1.165, 1.54) is 12.5 Å². The van der Waals surface area contributed by atoms with E-state index in [1.807, 2.05) is 4.90 Å². The van der Waals surface area contributed by atoms with Crippen molar-refractivity contribution in [2.24, 2.45) is 0 Å². The number of rotatable bonds is 6. The molecular formula is C15H23N3O3. The summed E-state index contributed by atoms with van der Waals surface area (Å²) in [5, 5.41) is 6.01. The van der Waals surface area contributed by atoms with Crippen LogP contribution in [0.15, 0.2) is 23.0 Å². The number of nitrogens with one attached hydrogen (secondary N) is 2. The summed E-state index contributed by atoms with van der Waals surface area (Å²) in [7, 11) is 0. The molecule has 2 rings (SSSR count). The normalized spacial score (nSPS) is 19.2. The molecule has 2 unspecified atom stereocenters. The van der Waals surface area contributed by atoms with Crippen molar-refractivity contribution in [3.8, 4) is 0 Å². The summed E-state index contributed by atoms with van der Waals surface area (Å²) in [6.45, 7) is 6.27. The van der Waals surface area contributed by atoms with Gasteiger partial charge in [-0.2, -0.15) is 0 Å². The second-order valence-corrected chi connectivity index (χ2v) is 5.39. The van der Waals surface area contributed by atoms with Crippen molar-refractivity contribution in [3.05, 3.63) is 24.2 Å². The third-order valence-electron chi connectivity index (χ3n) is 3.72. The summed E-state index contributed by atoms with van der Waals surface area (Å²) < 4.78 is 4.88. The molecule has 6 heteroatoms. The van der Waals surface area contributed by atoms with Crippen molar-refractivity contribution in [3.63, 3.8) is 0 Å². The van der Waals surface area contributed by atoms with Crippen LogP contribution in [0.5, 0.6) is 0 Å². The molecule has 0 spiro atoms. The lowest BCUT2D eigenvalue weighted by molar-refractivity contribution is -0.134. The average molecular weight is 293 g/mol. The molecule has 2 N–H and O–H groups in total. The minimum Gasteiger partial charge on any atom is -0.472 e. The number of carbonyl (C=O) groups excluding carboxylic acids is 2. The number of nitrogens with zero attached hydrogens (tertiary/aromatic N) is 1. The summed E-state index contributed by atoms with van der Waals surface area (Å²) in [5.74, 6) is -0.312. The standard InChI is InChI=1S/C15H23N3O3/c1-3-7-18(13-4-6-16-9-13)15(20)11(2)17-14(19)12-5-8-21-10-12/h5,8,10-11,13,16H,3-4,6-7,9H2,1-2H3,(H,17,19). The molecule has 2 atom stereocenters. The van der Waals surface area contributed by atoms with Crippen LogP contribution in [0.3, 0.4) is 0 Å². The zero-order valence-electron chi connectivity index (χ0n) is 12.6. The lowest BCUT2D eigenvalue weighted by Gasteiger charge is -2.31. The molecule has 0 bridgehead atoms. The Labute approximate surface area is 124 Å². The van der Waals surface area contributed by atoms with E-state index in [1.54, 1.807) is 13.0 Å². The van der Waals surface area contributed by atoms with Crippen LogP contribution in [0.2, 0.25) is 0 Å². The molecule has 2 amide bonds. The van der Waals surface area contributed by atoms with Crippen molar-refractivity contribution in [1.82, 2.24) is 15.5 Å². The molecular weight excluding hydrogens is 270 g/mol. The van der Waals surface area contributed by atoms with E-state index in [-0.39, 0.29) is 17.9 Å². The van der Waals surface area contributed by atoms with Gasteiger partial charge >= 0.3 is 0 Å². The predicted molar refractivity (Wildman–Crippen MR) is 78.9 cm³/mol. The highest BCUT2D eigenvalue weighted by Crippen LogP contribution is 2.11. The van der Waals surface area contributed by atoms with Gasteiger partial charge in [-0.05, 0) is 32.4 Å². The van der Waals surface area contributed by atoms with Gasteiger partial charge in [-0.3, -0.25) is 9.59 Å². The maximum atomic E-state index is 12.6. The van der Waals surface area contributed by atoms with Crippen LogP contribution < -0.4 is 10.6 Å². The van der Waals surface area contributed by atoms with Crippen molar-refractivity contribution < 1.29 is 14.0 Å². The van der Waals surface area contributed by atoms with Gasteiger partial charge in [0.15, 0.2) is 0 Å². The van der Waals surface area contributed by atoms with Gasteiger partial charge in [0.2, 0.25) is 5.91 Å². The molecule has 1 aliphatic rings. The quantitative estimate of drug-likeness (QED) is 0.820. The van der Waals surface area contributed by atoms with Crippen LogP contribution in [0.1, 0.15) is 37.0 Å². The predicted octanol–water partition coefficient (Wildman–Crippen LogP) is 0.998. The molecule has 116 valence electrons. The fourth-order valence-corrected chi connectivity index (χ4v) is 2.60. The van der Waals surface area contributed by atoms with Gasteiger partial charge in [-0.15, -0.1) is 0 Å².